The van der Waals surface area contributed by atoms with Gasteiger partial charge in [-0.2, -0.15) is 0 Å². The van der Waals surface area contributed by atoms with Gasteiger partial charge >= 0.3 is 0 Å². The predicted octanol–water partition coefficient (Wildman–Crippen LogP) is 1.13. The van der Waals surface area contributed by atoms with E-state index in [0.29, 0.717) is 12.1 Å². The Balaban J connectivity index is 1.50. The summed E-state index contributed by atoms with van der Waals surface area (Å²) in [5, 5.41) is 7.67. The van der Waals surface area contributed by atoms with Crippen LogP contribution >= 0.6 is 0 Å². The van der Waals surface area contributed by atoms with Crippen molar-refractivity contribution < 1.29 is 18.9 Å². The fraction of sp³-hybridized carbons (Fsp3) is 1.00. The molecule has 0 amide bonds. The van der Waals surface area contributed by atoms with Gasteiger partial charge in [-0.25, -0.2) is 0 Å². The summed E-state index contributed by atoms with van der Waals surface area (Å²) >= 11 is 0. The van der Waals surface area contributed by atoms with Crippen LogP contribution < -0.4 is 10.6 Å². The Morgan fingerprint density at radius 1 is 0.808 bits per heavy atom. The molecule has 7 nitrogen and oxygen atoms in total. The zero-order valence-electron chi connectivity index (χ0n) is 16.0. The van der Waals surface area contributed by atoms with Crippen molar-refractivity contribution in [2.75, 3.05) is 27.4 Å². The van der Waals surface area contributed by atoms with E-state index in [1.165, 1.54) is 12.8 Å². The average Bonchev–Trinajstić information content (AvgIpc) is 2.95. The van der Waals surface area contributed by atoms with Crippen LogP contribution in [0.2, 0.25) is 0 Å². The quantitative estimate of drug-likeness (QED) is 0.759. The van der Waals surface area contributed by atoms with E-state index < -0.39 is 0 Å². The average molecular weight is 367 g/mol. The van der Waals surface area contributed by atoms with E-state index in [4.69, 9.17) is 18.9 Å². The molecule has 2 N–H and O–H groups in total. The lowest BCUT2D eigenvalue weighted by Crippen LogP contribution is -2.79. The molecular weight excluding hydrogens is 334 g/mol. The fourth-order valence-electron chi connectivity index (χ4n) is 6.16. The monoisotopic (exact) mass is 367 g/mol. The molecule has 0 saturated carbocycles. The van der Waals surface area contributed by atoms with E-state index in [0.717, 1.165) is 51.7 Å². The maximum atomic E-state index is 6.33. The molecular formula is C19H33N3O4. The van der Waals surface area contributed by atoms with Crippen molar-refractivity contribution in [1.29, 1.82) is 0 Å². The number of nitrogens with one attached hydrogen (secondary N) is 2. The van der Waals surface area contributed by atoms with Crippen molar-refractivity contribution in [3.05, 3.63) is 0 Å². The van der Waals surface area contributed by atoms with Gasteiger partial charge in [0, 0.05) is 52.4 Å². The molecule has 26 heavy (non-hydrogen) atoms. The lowest BCUT2D eigenvalue weighted by atomic mass is 9.89. The summed E-state index contributed by atoms with van der Waals surface area (Å²) in [4.78, 5) is 2.55. The van der Waals surface area contributed by atoms with Crippen molar-refractivity contribution in [1.82, 2.24) is 15.5 Å². The Labute approximate surface area is 156 Å². The van der Waals surface area contributed by atoms with E-state index in [1.54, 1.807) is 0 Å². The van der Waals surface area contributed by atoms with Crippen molar-refractivity contribution in [2.45, 2.75) is 93.4 Å². The van der Waals surface area contributed by atoms with Gasteiger partial charge in [-0.15, -0.1) is 0 Å². The number of hydrogen-bond donors (Lipinski definition) is 2. The van der Waals surface area contributed by atoms with Gasteiger partial charge in [0.25, 0.3) is 0 Å². The predicted molar refractivity (Wildman–Crippen MR) is 95.4 cm³/mol. The number of methoxy groups -OCH3 is 2. The molecule has 7 heteroatoms. The summed E-state index contributed by atoms with van der Waals surface area (Å²) in [6.07, 6.45) is 8.93. The van der Waals surface area contributed by atoms with Gasteiger partial charge in [0.1, 0.15) is 29.9 Å². The molecule has 0 aromatic heterocycles. The molecule has 5 saturated heterocycles. The maximum absolute atomic E-state index is 6.33. The first-order valence-corrected chi connectivity index (χ1v) is 10.4. The van der Waals surface area contributed by atoms with Gasteiger partial charge in [-0.1, -0.05) is 0 Å². The van der Waals surface area contributed by atoms with E-state index in [1.807, 2.05) is 14.2 Å². The molecule has 1 unspecified atom stereocenters. The summed E-state index contributed by atoms with van der Waals surface area (Å²) in [6, 6.07) is 0.598. The zero-order chi connectivity index (χ0) is 17.8. The summed E-state index contributed by atoms with van der Waals surface area (Å²) in [7, 11) is 3.64. The molecule has 5 rings (SSSR count). The molecule has 148 valence electrons. The van der Waals surface area contributed by atoms with Crippen LogP contribution in [0.25, 0.3) is 0 Å². The molecule has 7 atom stereocenters. The molecule has 0 bridgehead atoms. The van der Waals surface area contributed by atoms with Crippen molar-refractivity contribution in [3.8, 4) is 0 Å². The Hall–Kier alpha value is -0.280. The Morgan fingerprint density at radius 3 is 1.69 bits per heavy atom. The van der Waals surface area contributed by atoms with Crippen LogP contribution in [0.4, 0.5) is 0 Å². The molecule has 0 aromatic carbocycles. The van der Waals surface area contributed by atoms with Gasteiger partial charge in [0.05, 0.1) is 0 Å². The fourth-order valence-corrected chi connectivity index (χ4v) is 6.16. The normalized spacial score (nSPS) is 51.7. The van der Waals surface area contributed by atoms with Crippen molar-refractivity contribution >= 4 is 0 Å². The Morgan fingerprint density at radius 2 is 1.31 bits per heavy atom. The maximum Gasteiger partial charge on any atom is 0.123 e. The van der Waals surface area contributed by atoms with E-state index in [9.17, 15) is 0 Å². The van der Waals surface area contributed by atoms with Crippen molar-refractivity contribution in [3.63, 3.8) is 0 Å². The number of nitrogens with zero attached hydrogens (tertiary/aromatic N) is 1. The minimum Gasteiger partial charge on any atom is -0.377 e. The van der Waals surface area contributed by atoms with Crippen LogP contribution in [-0.2, 0) is 18.9 Å². The summed E-state index contributed by atoms with van der Waals surface area (Å²) in [5.41, 5.74) is -0.511. The topological polar surface area (TPSA) is 64.2 Å². The third-order valence-corrected chi connectivity index (χ3v) is 7.27. The first-order valence-electron chi connectivity index (χ1n) is 10.4. The number of rotatable bonds is 2. The summed E-state index contributed by atoms with van der Waals surface area (Å²) < 4.78 is 24.6. The number of hydrogen-bond acceptors (Lipinski definition) is 7. The smallest absolute Gasteiger partial charge is 0.123 e. The Bertz CT molecular complexity index is 477. The van der Waals surface area contributed by atoms with E-state index >= 15 is 0 Å². The molecule has 5 fully saturated rings. The molecule has 5 aliphatic heterocycles. The van der Waals surface area contributed by atoms with Gasteiger partial charge in [0.15, 0.2) is 0 Å². The minimum atomic E-state index is -0.256. The van der Waals surface area contributed by atoms with Crippen molar-refractivity contribution in [2.24, 2.45) is 0 Å². The third kappa shape index (κ3) is 2.67. The first-order chi connectivity index (χ1) is 12.7. The lowest BCUT2D eigenvalue weighted by Gasteiger charge is -2.58. The van der Waals surface area contributed by atoms with Gasteiger partial charge < -0.3 is 18.9 Å². The number of ether oxygens (including phenoxy) is 4. The second kappa shape index (κ2) is 6.65. The third-order valence-electron chi connectivity index (χ3n) is 7.27. The SMILES string of the molecule is CO[C@@H]1[C@@H](OC)[C@@H]2C[C@]3(CCCCO3)NC3N[C@@]4(CCCCO4)C[C@H]1N32. The summed E-state index contributed by atoms with van der Waals surface area (Å²) in [5.74, 6) is 0. The molecule has 0 aromatic rings. The largest absolute Gasteiger partial charge is 0.377 e. The highest BCUT2D eigenvalue weighted by Crippen LogP contribution is 2.47. The highest BCUT2D eigenvalue weighted by atomic mass is 16.5. The van der Waals surface area contributed by atoms with Crippen LogP contribution in [0.5, 0.6) is 0 Å². The molecule has 2 spiro atoms. The van der Waals surface area contributed by atoms with E-state index in [2.05, 4.69) is 15.5 Å². The standard InChI is InChI=1S/C19H33N3O4/c1-23-15-13-11-18(7-3-5-9-25-18)20-17-21-19(8-4-6-10-26-19)12-14(22(13)17)16(15)24-2/h13-17,20-21H,3-12H2,1-2H3/t13-,14+,15-,16-,17?,18+,19+/m0/s1. The van der Waals surface area contributed by atoms with Crippen LogP contribution in [0.3, 0.4) is 0 Å². The van der Waals surface area contributed by atoms with Crippen LogP contribution in [0, 0.1) is 0 Å². The summed E-state index contributed by atoms with van der Waals surface area (Å²) in [6.45, 7) is 1.67. The van der Waals surface area contributed by atoms with Gasteiger partial charge in [-0.3, -0.25) is 15.5 Å². The van der Waals surface area contributed by atoms with E-state index in [-0.39, 0.29) is 29.9 Å². The van der Waals surface area contributed by atoms with Crippen LogP contribution in [-0.4, -0.2) is 74.4 Å². The lowest BCUT2D eigenvalue weighted by molar-refractivity contribution is -0.224. The molecule has 5 aliphatic rings. The second-order valence-corrected chi connectivity index (χ2v) is 8.68. The minimum absolute atomic E-state index is 0.0431. The van der Waals surface area contributed by atoms with Gasteiger partial charge in [0.2, 0.25) is 0 Å². The molecule has 5 heterocycles. The van der Waals surface area contributed by atoms with Crippen LogP contribution in [0.1, 0.15) is 51.4 Å². The molecule has 0 radical (unpaired) electrons. The second-order valence-electron chi connectivity index (χ2n) is 8.68. The first kappa shape index (κ1) is 17.8. The highest BCUT2D eigenvalue weighted by Gasteiger charge is 2.63. The van der Waals surface area contributed by atoms with Crippen LogP contribution in [0.15, 0.2) is 0 Å². The Kier molecular flexibility index (Phi) is 4.55. The zero-order valence-corrected chi connectivity index (χ0v) is 16.0. The van der Waals surface area contributed by atoms with Gasteiger partial charge in [-0.05, 0) is 38.5 Å². The highest BCUT2D eigenvalue weighted by molar-refractivity contribution is 5.14. The molecule has 0 aliphatic carbocycles.